The van der Waals surface area contributed by atoms with Crippen LogP contribution in [0, 0.1) is 12.8 Å². The van der Waals surface area contributed by atoms with Crippen molar-refractivity contribution in [2.75, 3.05) is 11.4 Å². The number of hydrogen-bond acceptors (Lipinski definition) is 3. The predicted molar refractivity (Wildman–Crippen MR) is 77.3 cm³/mol. The number of nitrogens with zero attached hydrogens (tertiary/aromatic N) is 1. The molecule has 0 aromatic heterocycles. The molecule has 20 heavy (non-hydrogen) atoms. The third-order valence-corrected chi connectivity index (χ3v) is 6.24. The molecule has 6 heteroatoms. The molecule has 1 aromatic carbocycles. The maximum Gasteiger partial charge on any atom is 0.307 e. The molecule has 0 spiro atoms. The minimum atomic E-state index is -3.65. The number of anilines is 1. The Morgan fingerprint density at radius 1 is 1.25 bits per heavy atom. The number of hydrogen-bond donors (Lipinski definition) is 1. The number of sulfonamides is 1. The van der Waals surface area contributed by atoms with Crippen molar-refractivity contribution in [1.82, 2.24) is 0 Å². The summed E-state index contributed by atoms with van der Waals surface area (Å²) >= 11 is 0. The van der Waals surface area contributed by atoms with E-state index < -0.39 is 27.2 Å². The third-order valence-electron chi connectivity index (χ3n) is 3.93. The fourth-order valence-electron chi connectivity index (χ4n) is 2.67. The first-order chi connectivity index (χ1) is 9.34. The summed E-state index contributed by atoms with van der Waals surface area (Å²) < 4.78 is 26.4. The molecule has 2 rings (SSSR count). The highest BCUT2D eigenvalue weighted by atomic mass is 32.2. The number of aryl methyl sites for hydroxylation is 1. The number of carbonyl (C=O) groups is 1. The molecule has 2 atom stereocenters. The van der Waals surface area contributed by atoms with E-state index in [4.69, 9.17) is 5.11 Å². The average molecular weight is 297 g/mol. The van der Waals surface area contributed by atoms with E-state index in [0.717, 1.165) is 5.56 Å². The third kappa shape index (κ3) is 2.65. The van der Waals surface area contributed by atoms with Gasteiger partial charge in [-0.25, -0.2) is 8.42 Å². The second-order valence-electron chi connectivity index (χ2n) is 5.26. The van der Waals surface area contributed by atoms with Gasteiger partial charge in [0.2, 0.25) is 10.0 Å². The van der Waals surface area contributed by atoms with E-state index in [0.29, 0.717) is 24.9 Å². The van der Waals surface area contributed by atoms with Gasteiger partial charge in [0.05, 0.1) is 16.9 Å². The summed E-state index contributed by atoms with van der Waals surface area (Å²) in [5.74, 6) is -1.82. The van der Waals surface area contributed by atoms with E-state index in [1.165, 1.54) is 11.4 Å². The topological polar surface area (TPSA) is 74.7 Å². The first-order valence-electron chi connectivity index (χ1n) is 6.61. The van der Waals surface area contributed by atoms with Crippen molar-refractivity contribution in [2.45, 2.75) is 31.4 Å². The highest BCUT2D eigenvalue weighted by Crippen LogP contribution is 2.34. The van der Waals surface area contributed by atoms with Gasteiger partial charge in [-0.3, -0.25) is 9.10 Å². The van der Waals surface area contributed by atoms with Crippen LogP contribution in [0.15, 0.2) is 24.3 Å². The second-order valence-corrected chi connectivity index (χ2v) is 7.45. The number of rotatable bonds is 4. The highest BCUT2D eigenvalue weighted by Gasteiger charge is 2.43. The average Bonchev–Trinajstić information content (AvgIpc) is 2.89. The molecular formula is C14H19NO4S. The Morgan fingerprint density at radius 3 is 2.40 bits per heavy atom. The quantitative estimate of drug-likeness (QED) is 0.922. The van der Waals surface area contributed by atoms with Crippen molar-refractivity contribution in [2.24, 2.45) is 5.92 Å². The summed E-state index contributed by atoms with van der Waals surface area (Å²) in [5, 5.41) is 8.33. The molecule has 0 heterocycles. The number of carboxylic acids is 1. The summed E-state index contributed by atoms with van der Waals surface area (Å²) in [7, 11) is -2.16. The fourth-order valence-corrected chi connectivity index (χ4v) is 4.62. The van der Waals surface area contributed by atoms with Gasteiger partial charge >= 0.3 is 5.97 Å². The monoisotopic (exact) mass is 297 g/mol. The molecule has 0 bridgehead atoms. The van der Waals surface area contributed by atoms with Gasteiger partial charge in [0.25, 0.3) is 0 Å². The van der Waals surface area contributed by atoms with Gasteiger partial charge in [-0.1, -0.05) is 24.1 Å². The SMILES string of the molecule is Cc1ccc(N(C)S(=O)(=O)C2CCCC2C(=O)O)cc1. The first kappa shape index (κ1) is 14.8. The van der Waals surface area contributed by atoms with E-state index in [2.05, 4.69) is 0 Å². The molecule has 1 N–H and O–H groups in total. The summed E-state index contributed by atoms with van der Waals surface area (Å²) in [6.45, 7) is 1.93. The first-order valence-corrected chi connectivity index (χ1v) is 8.11. The van der Waals surface area contributed by atoms with Crippen LogP contribution in [0.5, 0.6) is 0 Å². The van der Waals surface area contributed by atoms with Crippen molar-refractivity contribution in [1.29, 1.82) is 0 Å². The van der Waals surface area contributed by atoms with Gasteiger partial charge in [0.1, 0.15) is 0 Å². The Balaban J connectivity index is 2.30. The van der Waals surface area contributed by atoms with Gasteiger partial charge in [0, 0.05) is 7.05 Å². The van der Waals surface area contributed by atoms with Crippen LogP contribution in [0.2, 0.25) is 0 Å². The lowest BCUT2D eigenvalue weighted by atomic mass is 10.1. The van der Waals surface area contributed by atoms with Crippen LogP contribution in [0.1, 0.15) is 24.8 Å². The van der Waals surface area contributed by atoms with E-state index >= 15 is 0 Å². The highest BCUT2D eigenvalue weighted by molar-refractivity contribution is 7.93. The maximum atomic E-state index is 12.6. The summed E-state index contributed by atoms with van der Waals surface area (Å²) in [4.78, 5) is 11.2. The molecule has 1 aromatic rings. The molecule has 1 aliphatic carbocycles. The number of carboxylic acid groups (broad SMARTS) is 1. The lowest BCUT2D eigenvalue weighted by Gasteiger charge is -2.25. The van der Waals surface area contributed by atoms with Crippen LogP contribution < -0.4 is 4.31 Å². The van der Waals surface area contributed by atoms with Gasteiger partial charge in [0.15, 0.2) is 0 Å². The van der Waals surface area contributed by atoms with Gasteiger partial charge < -0.3 is 5.11 Å². The maximum absolute atomic E-state index is 12.6. The van der Waals surface area contributed by atoms with E-state index in [-0.39, 0.29) is 0 Å². The molecule has 110 valence electrons. The smallest absolute Gasteiger partial charge is 0.307 e. The zero-order valence-electron chi connectivity index (χ0n) is 11.6. The zero-order valence-corrected chi connectivity index (χ0v) is 12.4. The largest absolute Gasteiger partial charge is 0.481 e. The number of aliphatic carboxylic acids is 1. The molecule has 1 aliphatic rings. The molecule has 0 saturated heterocycles. The predicted octanol–water partition coefficient (Wildman–Crippen LogP) is 2.01. The molecule has 2 unspecified atom stereocenters. The number of benzene rings is 1. The molecule has 1 fully saturated rings. The van der Waals surface area contributed by atoms with E-state index in [1.807, 2.05) is 19.1 Å². The summed E-state index contributed by atoms with van der Waals surface area (Å²) in [6, 6.07) is 7.14. The molecule has 0 aliphatic heterocycles. The van der Waals surface area contributed by atoms with Crippen LogP contribution >= 0.6 is 0 Å². The molecule has 0 amide bonds. The normalized spacial score (nSPS) is 22.7. The Bertz CT molecular complexity index is 594. The van der Waals surface area contributed by atoms with Crippen molar-refractivity contribution in [3.63, 3.8) is 0 Å². The van der Waals surface area contributed by atoms with Crippen LogP contribution in [-0.2, 0) is 14.8 Å². The zero-order chi connectivity index (χ0) is 14.9. The lowest BCUT2D eigenvalue weighted by Crippen LogP contribution is -2.40. The van der Waals surface area contributed by atoms with Crippen molar-refractivity contribution in [3.05, 3.63) is 29.8 Å². The second kappa shape index (κ2) is 5.44. The summed E-state index contributed by atoms with van der Waals surface area (Å²) in [5.41, 5.74) is 1.61. The Morgan fingerprint density at radius 2 is 1.85 bits per heavy atom. The summed E-state index contributed by atoms with van der Waals surface area (Å²) in [6.07, 6.45) is 1.49. The van der Waals surface area contributed by atoms with Crippen molar-refractivity contribution in [3.8, 4) is 0 Å². The Kier molecular flexibility index (Phi) is 4.04. The van der Waals surface area contributed by atoms with E-state index in [1.54, 1.807) is 12.1 Å². The van der Waals surface area contributed by atoms with Gasteiger partial charge in [-0.05, 0) is 31.9 Å². The van der Waals surface area contributed by atoms with Crippen molar-refractivity contribution < 1.29 is 18.3 Å². The van der Waals surface area contributed by atoms with Crippen LogP contribution in [-0.4, -0.2) is 31.8 Å². The molecule has 5 nitrogen and oxygen atoms in total. The molecular weight excluding hydrogens is 278 g/mol. The Labute approximate surface area is 119 Å². The molecule has 0 radical (unpaired) electrons. The Hall–Kier alpha value is -1.56. The minimum Gasteiger partial charge on any atom is -0.481 e. The standard InChI is InChI=1S/C14H19NO4S/c1-10-6-8-11(9-7-10)15(2)20(18,19)13-5-3-4-12(13)14(16)17/h6-9,12-13H,3-5H2,1-2H3,(H,16,17). The van der Waals surface area contributed by atoms with Gasteiger partial charge in [-0.15, -0.1) is 0 Å². The fraction of sp³-hybridized carbons (Fsp3) is 0.500. The van der Waals surface area contributed by atoms with E-state index in [9.17, 15) is 13.2 Å². The van der Waals surface area contributed by atoms with Crippen LogP contribution in [0.3, 0.4) is 0 Å². The molecule has 1 saturated carbocycles. The lowest BCUT2D eigenvalue weighted by molar-refractivity contribution is -0.141. The van der Waals surface area contributed by atoms with Crippen molar-refractivity contribution >= 4 is 21.7 Å². The van der Waals surface area contributed by atoms with Crippen LogP contribution in [0.25, 0.3) is 0 Å². The van der Waals surface area contributed by atoms with Crippen LogP contribution in [0.4, 0.5) is 5.69 Å². The minimum absolute atomic E-state index is 0.412. The van der Waals surface area contributed by atoms with Gasteiger partial charge in [-0.2, -0.15) is 0 Å².